The number of thioether (sulfide) groups is 1. The summed E-state index contributed by atoms with van der Waals surface area (Å²) in [5.74, 6) is -2.08. The number of alkyl halides is 3. The smallest absolute Gasteiger partial charge is 0.336 e. The topological polar surface area (TPSA) is 73.2 Å². The number of nitrogens with one attached hydrogen (secondary N) is 1. The van der Waals surface area contributed by atoms with Gasteiger partial charge in [0.1, 0.15) is 22.8 Å². The van der Waals surface area contributed by atoms with Crippen LogP contribution in [0.3, 0.4) is 0 Å². The zero-order valence-corrected chi connectivity index (χ0v) is 16.7. The Morgan fingerprint density at radius 3 is 2.30 bits per heavy atom. The average molecular weight is 441 g/mol. The van der Waals surface area contributed by atoms with E-state index in [0.29, 0.717) is 17.7 Å². The fraction of sp³-hybridized carbons (Fsp3) is 0.550. The van der Waals surface area contributed by atoms with Crippen LogP contribution in [-0.4, -0.2) is 46.3 Å². The number of nitrogens with zero attached hydrogens (tertiary/aromatic N) is 2. The molecular formula is C20H19F4N3O2S. The summed E-state index contributed by atoms with van der Waals surface area (Å²) >= 11 is 1.29. The van der Waals surface area contributed by atoms with Gasteiger partial charge in [0, 0.05) is 16.7 Å². The van der Waals surface area contributed by atoms with E-state index in [-0.39, 0.29) is 31.1 Å². The van der Waals surface area contributed by atoms with Gasteiger partial charge in [0.05, 0.1) is 6.07 Å². The van der Waals surface area contributed by atoms with Gasteiger partial charge >= 0.3 is 6.18 Å². The van der Waals surface area contributed by atoms with Crippen LogP contribution in [0.1, 0.15) is 32.1 Å². The van der Waals surface area contributed by atoms with Crippen molar-refractivity contribution < 1.29 is 27.2 Å². The third-order valence-corrected chi connectivity index (χ3v) is 7.19. The van der Waals surface area contributed by atoms with E-state index in [2.05, 4.69) is 5.32 Å². The van der Waals surface area contributed by atoms with Crippen molar-refractivity contribution in [3.63, 3.8) is 0 Å². The van der Waals surface area contributed by atoms with Gasteiger partial charge in [-0.1, -0.05) is 0 Å². The summed E-state index contributed by atoms with van der Waals surface area (Å²) in [6.07, 6.45) is -4.10. The van der Waals surface area contributed by atoms with Crippen LogP contribution in [0.2, 0.25) is 0 Å². The largest absolute Gasteiger partial charge is 0.403 e. The number of rotatable bonds is 5. The average Bonchev–Trinajstić information content (AvgIpc) is 3.60. The third kappa shape index (κ3) is 3.75. The number of benzene rings is 1. The molecule has 0 radical (unpaired) electrons. The molecule has 1 aromatic carbocycles. The Kier molecular flexibility index (Phi) is 5.00. The first kappa shape index (κ1) is 21.0. The predicted octanol–water partition coefficient (Wildman–Crippen LogP) is 3.40. The molecule has 2 unspecified atom stereocenters. The number of likely N-dealkylation sites (tertiary alicyclic amines) is 1. The summed E-state index contributed by atoms with van der Waals surface area (Å²) < 4.78 is 53.7. The maximum atomic E-state index is 13.5. The Bertz CT molecular complexity index is 904. The Balaban J connectivity index is 1.54. The fourth-order valence-corrected chi connectivity index (χ4v) is 4.98. The molecule has 1 saturated heterocycles. The fourth-order valence-electron chi connectivity index (χ4n) is 3.79. The lowest BCUT2D eigenvalue weighted by Crippen LogP contribution is -2.53. The summed E-state index contributed by atoms with van der Waals surface area (Å²) in [5, 5.41) is 11.5. The van der Waals surface area contributed by atoms with Crippen molar-refractivity contribution in [3.8, 4) is 6.07 Å². The Morgan fingerprint density at radius 2 is 1.80 bits per heavy atom. The van der Waals surface area contributed by atoms with Crippen LogP contribution in [0, 0.1) is 22.6 Å². The maximum Gasteiger partial charge on any atom is 0.403 e. The second-order valence-electron chi connectivity index (χ2n) is 8.17. The number of carbonyl (C=O) groups excluding carboxylic acids is 2. The second-order valence-corrected chi connectivity index (χ2v) is 9.54. The monoisotopic (exact) mass is 441 g/mol. The van der Waals surface area contributed by atoms with Crippen molar-refractivity contribution in [1.82, 2.24) is 10.2 Å². The molecule has 0 aromatic heterocycles. The number of hydrogen-bond acceptors (Lipinski definition) is 4. The van der Waals surface area contributed by atoms with Gasteiger partial charge in [-0.25, -0.2) is 4.39 Å². The van der Waals surface area contributed by atoms with Gasteiger partial charge in [0.15, 0.2) is 0 Å². The van der Waals surface area contributed by atoms with Crippen LogP contribution >= 0.6 is 11.8 Å². The molecule has 2 aliphatic carbocycles. The molecule has 1 aromatic rings. The Hall–Kier alpha value is -2.28. The molecule has 1 heterocycles. The second kappa shape index (κ2) is 7.15. The van der Waals surface area contributed by atoms with E-state index in [9.17, 15) is 32.4 Å². The van der Waals surface area contributed by atoms with Gasteiger partial charge < -0.3 is 10.2 Å². The Morgan fingerprint density at radius 1 is 1.17 bits per heavy atom. The van der Waals surface area contributed by atoms with E-state index in [1.54, 1.807) is 12.1 Å². The molecule has 3 fully saturated rings. The molecule has 0 spiro atoms. The van der Waals surface area contributed by atoms with Crippen molar-refractivity contribution in [3.05, 3.63) is 30.1 Å². The maximum absolute atomic E-state index is 13.5. The van der Waals surface area contributed by atoms with Gasteiger partial charge in [-0.2, -0.15) is 18.4 Å². The molecule has 30 heavy (non-hydrogen) atoms. The van der Waals surface area contributed by atoms with E-state index < -0.39 is 40.8 Å². The summed E-state index contributed by atoms with van der Waals surface area (Å²) in [6.45, 7) is -0.0175. The highest BCUT2D eigenvalue weighted by Crippen LogP contribution is 2.59. The SMILES string of the molecule is N#CC1(NC(=O)C2CC(Sc3ccc(F)cc3)CN2C(=O)C2(C(F)(F)F)CC2)CC1. The first-order valence-corrected chi connectivity index (χ1v) is 10.5. The molecule has 10 heteroatoms. The lowest BCUT2D eigenvalue weighted by atomic mass is 10.0. The number of hydrogen-bond donors (Lipinski definition) is 1. The highest BCUT2D eigenvalue weighted by Gasteiger charge is 2.70. The quantitative estimate of drug-likeness (QED) is 0.711. The van der Waals surface area contributed by atoms with Gasteiger partial charge in [-0.15, -0.1) is 11.8 Å². The summed E-state index contributed by atoms with van der Waals surface area (Å²) in [6, 6.07) is 6.60. The van der Waals surface area contributed by atoms with Crippen LogP contribution in [0.15, 0.2) is 29.2 Å². The number of amides is 2. The predicted molar refractivity (Wildman–Crippen MR) is 99.6 cm³/mol. The molecule has 2 amide bonds. The highest BCUT2D eigenvalue weighted by molar-refractivity contribution is 8.00. The molecule has 3 aliphatic rings. The van der Waals surface area contributed by atoms with Crippen LogP contribution in [0.4, 0.5) is 17.6 Å². The van der Waals surface area contributed by atoms with Crippen molar-refractivity contribution in [2.24, 2.45) is 5.41 Å². The van der Waals surface area contributed by atoms with E-state index in [1.807, 2.05) is 6.07 Å². The minimum atomic E-state index is -4.67. The summed E-state index contributed by atoms with van der Waals surface area (Å²) in [5.41, 5.74) is -3.39. The number of carbonyl (C=O) groups is 2. The van der Waals surface area contributed by atoms with Crippen molar-refractivity contribution >= 4 is 23.6 Å². The van der Waals surface area contributed by atoms with Crippen molar-refractivity contribution in [2.45, 2.75) is 60.0 Å². The van der Waals surface area contributed by atoms with E-state index in [0.717, 1.165) is 4.90 Å². The van der Waals surface area contributed by atoms with Crippen molar-refractivity contribution in [2.75, 3.05) is 6.54 Å². The van der Waals surface area contributed by atoms with Crippen LogP contribution < -0.4 is 5.32 Å². The highest BCUT2D eigenvalue weighted by atomic mass is 32.2. The van der Waals surface area contributed by atoms with Gasteiger partial charge in [-0.3, -0.25) is 9.59 Å². The molecular weight excluding hydrogens is 422 g/mol. The Labute approximate surface area is 174 Å². The summed E-state index contributed by atoms with van der Waals surface area (Å²) in [7, 11) is 0. The molecule has 1 aliphatic heterocycles. The number of halogens is 4. The number of nitriles is 1. The van der Waals surface area contributed by atoms with Crippen molar-refractivity contribution in [1.29, 1.82) is 5.26 Å². The standard InChI is InChI=1S/C20H19F4N3O2S/c21-12-1-3-13(4-2-12)30-14-9-15(16(28)26-18(11-25)5-6-18)27(10-14)17(29)19(7-8-19)20(22,23)24/h1-4,14-15H,5-10H2,(H,26,28). The molecule has 2 saturated carbocycles. The zero-order valence-electron chi connectivity index (χ0n) is 15.8. The molecule has 4 rings (SSSR count). The third-order valence-electron chi connectivity index (χ3n) is 5.97. The molecule has 5 nitrogen and oxygen atoms in total. The lowest BCUT2D eigenvalue weighted by Gasteiger charge is -2.29. The normalized spacial score (nSPS) is 26.0. The molecule has 160 valence electrons. The van der Waals surface area contributed by atoms with Crippen LogP contribution in [0.5, 0.6) is 0 Å². The minimum absolute atomic E-state index is 0.0175. The van der Waals surface area contributed by atoms with Gasteiger partial charge in [0.25, 0.3) is 0 Å². The van der Waals surface area contributed by atoms with Crippen LogP contribution in [0.25, 0.3) is 0 Å². The molecule has 1 N–H and O–H groups in total. The van der Waals surface area contributed by atoms with Crippen LogP contribution in [-0.2, 0) is 9.59 Å². The van der Waals surface area contributed by atoms with E-state index >= 15 is 0 Å². The molecule has 0 bridgehead atoms. The van der Waals surface area contributed by atoms with Gasteiger partial charge in [0.2, 0.25) is 11.8 Å². The molecule has 2 atom stereocenters. The minimum Gasteiger partial charge on any atom is -0.336 e. The first-order valence-electron chi connectivity index (χ1n) is 9.62. The van der Waals surface area contributed by atoms with Gasteiger partial charge in [-0.05, 0) is 56.4 Å². The zero-order chi connectivity index (χ0) is 21.7. The lowest BCUT2D eigenvalue weighted by molar-refractivity contribution is -0.199. The van der Waals surface area contributed by atoms with E-state index in [4.69, 9.17) is 0 Å². The first-order chi connectivity index (χ1) is 14.1. The summed E-state index contributed by atoms with van der Waals surface area (Å²) in [4.78, 5) is 27.4. The van der Waals surface area contributed by atoms with E-state index in [1.165, 1.54) is 23.9 Å².